The maximum atomic E-state index is 12.5. The number of ether oxygens (including phenoxy) is 1. The van der Waals surface area contributed by atoms with Crippen LogP contribution in [0.3, 0.4) is 0 Å². The van der Waals surface area contributed by atoms with Crippen molar-refractivity contribution in [3.63, 3.8) is 0 Å². The van der Waals surface area contributed by atoms with Crippen molar-refractivity contribution in [1.29, 1.82) is 0 Å². The standard InChI is InChI=1S/C75H143NO5/c1-3-5-7-9-11-13-15-17-18-19-20-21-22-29-32-35-38-41-44-47-51-55-59-63-67-73(78)72(71-77)76-74(79)68-64-60-56-52-48-45-42-39-36-33-30-27-25-23-24-26-28-31-34-37-40-43-46-50-54-58-62-66-70-81-75(80)69-65-61-57-53-49-16-14-12-10-8-6-4-2/h12,14,23-24,63,67,72-73,77-78H,3-11,13,15-22,25-62,64-66,68-71H2,1-2H3,(H,76,79)/b14-12-,24-23-,67-63+. The van der Waals surface area contributed by atoms with E-state index >= 15 is 0 Å². The lowest BCUT2D eigenvalue weighted by molar-refractivity contribution is -0.143. The van der Waals surface area contributed by atoms with E-state index in [2.05, 4.69) is 43.5 Å². The third-order valence-corrected chi connectivity index (χ3v) is 17.1. The largest absolute Gasteiger partial charge is 0.466 e. The van der Waals surface area contributed by atoms with Gasteiger partial charge in [-0.05, 0) is 83.5 Å². The van der Waals surface area contributed by atoms with Crippen LogP contribution < -0.4 is 5.32 Å². The van der Waals surface area contributed by atoms with Crippen molar-refractivity contribution in [2.45, 2.75) is 418 Å². The molecule has 0 bridgehead atoms. The number of aliphatic hydroxyl groups excluding tert-OH is 2. The second-order valence-corrected chi connectivity index (χ2v) is 25.3. The summed E-state index contributed by atoms with van der Waals surface area (Å²) in [5.41, 5.74) is 0. The van der Waals surface area contributed by atoms with E-state index in [1.165, 1.54) is 334 Å². The monoisotopic (exact) mass is 1140 g/mol. The van der Waals surface area contributed by atoms with Crippen molar-refractivity contribution in [1.82, 2.24) is 5.32 Å². The maximum absolute atomic E-state index is 12.5. The molecule has 0 saturated carbocycles. The minimum absolute atomic E-state index is 0.00582. The van der Waals surface area contributed by atoms with Gasteiger partial charge in [0, 0.05) is 12.8 Å². The number of carbonyl (C=O) groups is 2. The Morgan fingerprint density at radius 3 is 0.901 bits per heavy atom. The van der Waals surface area contributed by atoms with Crippen LogP contribution in [0, 0.1) is 0 Å². The van der Waals surface area contributed by atoms with E-state index in [1.807, 2.05) is 6.08 Å². The highest BCUT2D eigenvalue weighted by molar-refractivity contribution is 5.76. The fraction of sp³-hybridized carbons (Fsp3) is 0.893. The van der Waals surface area contributed by atoms with Crippen LogP contribution in [0.15, 0.2) is 36.5 Å². The van der Waals surface area contributed by atoms with Crippen molar-refractivity contribution in [3.05, 3.63) is 36.5 Å². The van der Waals surface area contributed by atoms with Crippen molar-refractivity contribution in [3.8, 4) is 0 Å². The molecule has 478 valence electrons. The highest BCUT2D eigenvalue weighted by Gasteiger charge is 2.18. The lowest BCUT2D eigenvalue weighted by Gasteiger charge is -2.20. The quantitative estimate of drug-likeness (QED) is 0.0320. The van der Waals surface area contributed by atoms with E-state index in [1.54, 1.807) is 6.08 Å². The van der Waals surface area contributed by atoms with E-state index in [4.69, 9.17) is 4.74 Å². The molecule has 6 heteroatoms. The van der Waals surface area contributed by atoms with Gasteiger partial charge in [0.25, 0.3) is 0 Å². The minimum atomic E-state index is -0.846. The Morgan fingerprint density at radius 1 is 0.333 bits per heavy atom. The fourth-order valence-corrected chi connectivity index (χ4v) is 11.5. The number of hydrogen-bond donors (Lipinski definition) is 3. The van der Waals surface area contributed by atoms with Gasteiger partial charge in [-0.3, -0.25) is 9.59 Å². The van der Waals surface area contributed by atoms with Gasteiger partial charge >= 0.3 is 5.97 Å². The highest BCUT2D eigenvalue weighted by Crippen LogP contribution is 2.19. The zero-order valence-corrected chi connectivity index (χ0v) is 54.8. The molecule has 1 amide bonds. The Balaban J connectivity index is 3.41. The van der Waals surface area contributed by atoms with Crippen molar-refractivity contribution in [2.75, 3.05) is 13.2 Å². The Morgan fingerprint density at radius 2 is 0.580 bits per heavy atom. The van der Waals surface area contributed by atoms with Gasteiger partial charge in [0.1, 0.15) is 0 Å². The summed E-state index contributed by atoms with van der Waals surface area (Å²) >= 11 is 0. The van der Waals surface area contributed by atoms with Crippen LogP contribution in [0.25, 0.3) is 0 Å². The van der Waals surface area contributed by atoms with Crippen LogP contribution >= 0.6 is 0 Å². The smallest absolute Gasteiger partial charge is 0.305 e. The van der Waals surface area contributed by atoms with E-state index < -0.39 is 12.1 Å². The van der Waals surface area contributed by atoms with Crippen molar-refractivity contribution in [2.24, 2.45) is 0 Å². The first-order valence-corrected chi connectivity index (χ1v) is 36.8. The summed E-state index contributed by atoms with van der Waals surface area (Å²) < 4.78 is 5.47. The molecule has 6 nitrogen and oxygen atoms in total. The average Bonchev–Trinajstić information content (AvgIpc) is 3.47. The molecule has 0 saturated heterocycles. The van der Waals surface area contributed by atoms with Crippen LogP contribution in [0.4, 0.5) is 0 Å². The molecule has 0 spiro atoms. The summed E-state index contributed by atoms with van der Waals surface area (Å²) in [5.74, 6) is -0.0578. The summed E-state index contributed by atoms with van der Waals surface area (Å²) in [5, 5.41) is 23.3. The number of nitrogens with one attached hydrogen (secondary N) is 1. The fourth-order valence-electron chi connectivity index (χ4n) is 11.5. The van der Waals surface area contributed by atoms with Crippen LogP contribution in [0.2, 0.25) is 0 Å². The number of unbranched alkanes of at least 4 members (excludes halogenated alkanes) is 54. The molecular formula is C75H143NO5. The van der Waals surface area contributed by atoms with Gasteiger partial charge < -0.3 is 20.3 Å². The zero-order chi connectivity index (χ0) is 58.5. The molecule has 0 aromatic rings. The molecule has 0 aromatic heterocycles. The third-order valence-electron chi connectivity index (χ3n) is 17.1. The topological polar surface area (TPSA) is 95.9 Å². The lowest BCUT2D eigenvalue weighted by atomic mass is 10.0. The first kappa shape index (κ1) is 79.1. The summed E-state index contributed by atoms with van der Waals surface area (Å²) in [6.45, 7) is 4.91. The molecule has 0 aliphatic rings. The molecule has 0 rings (SSSR count). The molecule has 0 radical (unpaired) electrons. The number of esters is 1. The van der Waals surface area contributed by atoms with Crippen molar-refractivity contribution >= 4 is 11.9 Å². The first-order valence-electron chi connectivity index (χ1n) is 36.8. The summed E-state index contributed by atoms with van der Waals surface area (Å²) in [6.07, 6.45) is 90.9. The van der Waals surface area contributed by atoms with Gasteiger partial charge in [-0.1, -0.05) is 346 Å². The minimum Gasteiger partial charge on any atom is -0.466 e. The highest BCUT2D eigenvalue weighted by atomic mass is 16.5. The Bertz CT molecular complexity index is 1310. The Kier molecular flexibility index (Phi) is 68.9. The molecule has 0 aliphatic carbocycles. The molecule has 2 unspecified atom stereocenters. The number of carbonyl (C=O) groups excluding carboxylic acids is 2. The number of aliphatic hydroxyl groups is 2. The van der Waals surface area contributed by atoms with Gasteiger partial charge in [-0.25, -0.2) is 0 Å². The van der Waals surface area contributed by atoms with Crippen LogP contribution in [0.1, 0.15) is 406 Å². The molecule has 0 aliphatic heterocycles. The third kappa shape index (κ3) is 67.1. The van der Waals surface area contributed by atoms with E-state index in [-0.39, 0.29) is 18.5 Å². The molecule has 0 fully saturated rings. The molecule has 81 heavy (non-hydrogen) atoms. The maximum Gasteiger partial charge on any atom is 0.305 e. The summed E-state index contributed by atoms with van der Waals surface area (Å²) in [4.78, 5) is 24.6. The molecule has 0 aromatic carbocycles. The molecular weight excluding hydrogens is 995 g/mol. The SMILES string of the molecule is CCCCC/C=C\CCCCCCCC(=O)OCCCCCCCCCCCCCC/C=C\CCCCCCCCCCCCCCC(=O)NC(CO)C(O)/C=C/CCCCCCCCCCCCCCCCCCCCCCCC. The second-order valence-electron chi connectivity index (χ2n) is 25.3. The Hall–Kier alpha value is -1.92. The van der Waals surface area contributed by atoms with Gasteiger partial charge in [-0.2, -0.15) is 0 Å². The number of allylic oxidation sites excluding steroid dienone is 5. The van der Waals surface area contributed by atoms with Crippen LogP contribution in [-0.4, -0.2) is 47.4 Å². The lowest BCUT2D eigenvalue weighted by Crippen LogP contribution is -2.45. The van der Waals surface area contributed by atoms with E-state index in [9.17, 15) is 19.8 Å². The number of hydrogen-bond acceptors (Lipinski definition) is 5. The number of amides is 1. The van der Waals surface area contributed by atoms with Gasteiger partial charge in [0.05, 0.1) is 25.4 Å². The van der Waals surface area contributed by atoms with Gasteiger partial charge in [0.2, 0.25) is 5.91 Å². The molecule has 2 atom stereocenters. The predicted molar refractivity (Wildman–Crippen MR) is 356 cm³/mol. The van der Waals surface area contributed by atoms with Crippen LogP contribution in [-0.2, 0) is 14.3 Å². The molecule has 0 heterocycles. The second kappa shape index (κ2) is 70.6. The zero-order valence-electron chi connectivity index (χ0n) is 54.8. The first-order chi connectivity index (χ1) is 40.0. The summed E-state index contributed by atoms with van der Waals surface area (Å²) in [7, 11) is 0. The van der Waals surface area contributed by atoms with E-state index in [0.717, 1.165) is 44.9 Å². The Labute approximate surface area is 506 Å². The predicted octanol–water partition coefficient (Wildman–Crippen LogP) is 23.9. The van der Waals surface area contributed by atoms with Gasteiger partial charge in [0.15, 0.2) is 0 Å². The van der Waals surface area contributed by atoms with E-state index in [0.29, 0.717) is 19.4 Å². The average molecular weight is 1140 g/mol. The van der Waals surface area contributed by atoms with Crippen molar-refractivity contribution < 1.29 is 24.5 Å². The number of rotatable bonds is 69. The normalized spacial score (nSPS) is 12.7. The molecule has 3 N–H and O–H groups in total. The van der Waals surface area contributed by atoms with Crippen LogP contribution in [0.5, 0.6) is 0 Å². The summed E-state index contributed by atoms with van der Waals surface area (Å²) in [6, 6.07) is -0.629. The van der Waals surface area contributed by atoms with Gasteiger partial charge in [-0.15, -0.1) is 0 Å².